The summed E-state index contributed by atoms with van der Waals surface area (Å²) in [6, 6.07) is 6.03. The normalized spacial score (nSPS) is 10.7. The number of aromatic nitrogens is 3. The third-order valence-electron chi connectivity index (χ3n) is 2.44. The average Bonchev–Trinajstić information content (AvgIpc) is 2.33. The van der Waals surface area contributed by atoms with Gasteiger partial charge in [-0.3, -0.25) is 0 Å². The smallest absolute Gasteiger partial charge is 0.322 e. The molecular formula is C13H14BrClN4O. The summed E-state index contributed by atoms with van der Waals surface area (Å²) in [5, 5.41) is 3.20. The quantitative estimate of drug-likeness (QED) is 0.891. The number of benzene rings is 1. The van der Waals surface area contributed by atoms with Crippen molar-refractivity contribution in [3.8, 4) is 6.01 Å². The van der Waals surface area contributed by atoms with Gasteiger partial charge in [-0.05, 0) is 50.1 Å². The van der Waals surface area contributed by atoms with Crippen LogP contribution in [0.5, 0.6) is 6.01 Å². The van der Waals surface area contributed by atoms with Crippen molar-refractivity contribution in [2.24, 2.45) is 0 Å². The van der Waals surface area contributed by atoms with Gasteiger partial charge in [0.25, 0.3) is 0 Å². The van der Waals surface area contributed by atoms with E-state index in [1.54, 1.807) is 0 Å². The first-order valence-electron chi connectivity index (χ1n) is 6.06. The number of anilines is 2. The SMILES string of the molecule is Cc1c(Br)cccc1Nc1nc(Cl)nc(OC(C)C)n1. The maximum Gasteiger partial charge on any atom is 0.322 e. The van der Waals surface area contributed by atoms with Gasteiger partial charge in [0.2, 0.25) is 11.2 Å². The molecular weight excluding hydrogens is 344 g/mol. The molecule has 0 aliphatic heterocycles. The summed E-state index contributed by atoms with van der Waals surface area (Å²) in [6.45, 7) is 5.77. The van der Waals surface area contributed by atoms with Gasteiger partial charge in [0.15, 0.2) is 0 Å². The molecule has 106 valence electrons. The van der Waals surface area contributed by atoms with Crippen LogP contribution in [0.25, 0.3) is 0 Å². The fraction of sp³-hybridized carbons (Fsp3) is 0.308. The first-order valence-corrected chi connectivity index (χ1v) is 7.23. The third-order valence-corrected chi connectivity index (χ3v) is 3.47. The molecule has 0 radical (unpaired) electrons. The molecule has 0 amide bonds. The van der Waals surface area contributed by atoms with Gasteiger partial charge in [-0.15, -0.1) is 0 Å². The van der Waals surface area contributed by atoms with Gasteiger partial charge >= 0.3 is 6.01 Å². The van der Waals surface area contributed by atoms with Gasteiger partial charge in [0, 0.05) is 10.2 Å². The van der Waals surface area contributed by atoms with E-state index >= 15 is 0 Å². The highest BCUT2D eigenvalue weighted by Crippen LogP contribution is 2.26. The molecule has 0 atom stereocenters. The standard InChI is InChI=1S/C13H14BrClN4O/c1-7(2)20-13-18-11(15)17-12(19-13)16-10-6-4-5-9(14)8(10)3/h4-7H,1-3H3,(H,16,17,18,19). The van der Waals surface area contributed by atoms with Crippen LogP contribution in [0.3, 0.4) is 0 Å². The van der Waals surface area contributed by atoms with Gasteiger partial charge in [-0.2, -0.15) is 15.0 Å². The number of rotatable bonds is 4. The molecule has 2 aromatic rings. The van der Waals surface area contributed by atoms with Crippen LogP contribution in [0.15, 0.2) is 22.7 Å². The van der Waals surface area contributed by atoms with Crippen molar-refractivity contribution >= 4 is 39.2 Å². The predicted molar refractivity (Wildman–Crippen MR) is 82.8 cm³/mol. The molecule has 1 aromatic carbocycles. The summed E-state index contributed by atoms with van der Waals surface area (Å²) in [7, 11) is 0. The van der Waals surface area contributed by atoms with Gasteiger partial charge in [0.05, 0.1) is 6.10 Å². The Morgan fingerprint density at radius 1 is 1.25 bits per heavy atom. The summed E-state index contributed by atoms with van der Waals surface area (Å²) < 4.78 is 6.43. The Hall–Kier alpha value is -1.40. The van der Waals surface area contributed by atoms with E-state index in [0.29, 0.717) is 5.95 Å². The number of hydrogen-bond acceptors (Lipinski definition) is 5. The molecule has 1 heterocycles. The topological polar surface area (TPSA) is 59.9 Å². The first kappa shape index (κ1) is 15.0. The van der Waals surface area contributed by atoms with Crippen molar-refractivity contribution in [1.82, 2.24) is 15.0 Å². The Bertz CT molecular complexity index is 621. The zero-order valence-electron chi connectivity index (χ0n) is 11.3. The second kappa shape index (κ2) is 6.37. The molecule has 0 unspecified atom stereocenters. The predicted octanol–water partition coefficient (Wildman–Crippen LogP) is 4.13. The Kier molecular flexibility index (Phi) is 4.77. The van der Waals surface area contributed by atoms with Crippen LogP contribution in [0, 0.1) is 6.92 Å². The summed E-state index contributed by atoms with van der Waals surface area (Å²) in [4.78, 5) is 12.2. The molecule has 20 heavy (non-hydrogen) atoms. The summed E-state index contributed by atoms with van der Waals surface area (Å²) >= 11 is 9.36. The van der Waals surface area contributed by atoms with Crippen LogP contribution in [-0.4, -0.2) is 21.1 Å². The van der Waals surface area contributed by atoms with Crippen molar-refractivity contribution < 1.29 is 4.74 Å². The summed E-state index contributed by atoms with van der Waals surface area (Å²) in [6.07, 6.45) is -0.0334. The zero-order valence-corrected chi connectivity index (χ0v) is 13.7. The van der Waals surface area contributed by atoms with Crippen LogP contribution < -0.4 is 10.1 Å². The molecule has 7 heteroatoms. The zero-order chi connectivity index (χ0) is 14.7. The second-order valence-corrected chi connectivity index (χ2v) is 5.61. The van der Waals surface area contributed by atoms with Crippen molar-refractivity contribution in [2.45, 2.75) is 26.9 Å². The third kappa shape index (κ3) is 3.80. The Morgan fingerprint density at radius 3 is 2.70 bits per heavy atom. The minimum Gasteiger partial charge on any atom is -0.461 e. The number of nitrogens with one attached hydrogen (secondary N) is 1. The van der Waals surface area contributed by atoms with Gasteiger partial charge in [-0.1, -0.05) is 22.0 Å². The fourth-order valence-electron chi connectivity index (χ4n) is 1.51. The Labute approximate surface area is 130 Å². The van der Waals surface area contributed by atoms with E-state index in [0.717, 1.165) is 15.7 Å². The van der Waals surface area contributed by atoms with Gasteiger partial charge in [-0.25, -0.2) is 0 Å². The highest BCUT2D eigenvalue weighted by Gasteiger charge is 2.09. The molecule has 0 aliphatic carbocycles. The van der Waals surface area contributed by atoms with Crippen LogP contribution in [0.4, 0.5) is 11.6 Å². The van der Waals surface area contributed by atoms with E-state index in [2.05, 4.69) is 36.2 Å². The molecule has 0 aliphatic rings. The second-order valence-electron chi connectivity index (χ2n) is 4.41. The number of halogens is 2. The average molecular weight is 358 g/mol. The summed E-state index contributed by atoms with van der Waals surface area (Å²) in [5.74, 6) is 0.349. The van der Waals surface area contributed by atoms with Crippen molar-refractivity contribution in [1.29, 1.82) is 0 Å². The molecule has 0 spiro atoms. The van der Waals surface area contributed by atoms with Crippen LogP contribution in [0.1, 0.15) is 19.4 Å². The maximum atomic E-state index is 5.88. The van der Waals surface area contributed by atoms with E-state index in [9.17, 15) is 0 Å². The van der Waals surface area contributed by atoms with E-state index in [1.807, 2.05) is 39.0 Å². The molecule has 2 rings (SSSR count). The van der Waals surface area contributed by atoms with Crippen LogP contribution in [-0.2, 0) is 0 Å². The molecule has 0 saturated carbocycles. The number of ether oxygens (including phenoxy) is 1. The van der Waals surface area contributed by atoms with Crippen LogP contribution >= 0.6 is 27.5 Å². The molecule has 1 N–H and O–H groups in total. The molecule has 0 saturated heterocycles. The lowest BCUT2D eigenvalue weighted by molar-refractivity contribution is 0.222. The van der Waals surface area contributed by atoms with E-state index < -0.39 is 0 Å². The van der Waals surface area contributed by atoms with E-state index in [-0.39, 0.29) is 17.4 Å². The monoisotopic (exact) mass is 356 g/mol. The largest absolute Gasteiger partial charge is 0.461 e. The van der Waals surface area contributed by atoms with Crippen molar-refractivity contribution in [3.05, 3.63) is 33.5 Å². The van der Waals surface area contributed by atoms with Crippen molar-refractivity contribution in [2.75, 3.05) is 5.32 Å². The van der Waals surface area contributed by atoms with Gasteiger partial charge in [0.1, 0.15) is 0 Å². The highest BCUT2D eigenvalue weighted by atomic mass is 79.9. The first-order chi connectivity index (χ1) is 9.45. The molecule has 0 fully saturated rings. The van der Waals surface area contributed by atoms with Crippen LogP contribution in [0.2, 0.25) is 5.28 Å². The fourth-order valence-corrected chi connectivity index (χ4v) is 2.03. The lowest BCUT2D eigenvalue weighted by Crippen LogP contribution is -2.10. The lowest BCUT2D eigenvalue weighted by Gasteiger charge is -2.11. The van der Waals surface area contributed by atoms with E-state index in [4.69, 9.17) is 16.3 Å². The molecule has 0 bridgehead atoms. The Morgan fingerprint density at radius 2 is 2.00 bits per heavy atom. The summed E-state index contributed by atoms with van der Waals surface area (Å²) in [5.41, 5.74) is 1.94. The molecule has 1 aromatic heterocycles. The minimum atomic E-state index is -0.0334. The number of nitrogens with zero attached hydrogens (tertiary/aromatic N) is 3. The van der Waals surface area contributed by atoms with Gasteiger partial charge < -0.3 is 10.1 Å². The molecule has 5 nitrogen and oxygen atoms in total. The lowest BCUT2D eigenvalue weighted by atomic mass is 10.2. The highest BCUT2D eigenvalue weighted by molar-refractivity contribution is 9.10. The van der Waals surface area contributed by atoms with E-state index in [1.165, 1.54) is 0 Å². The Balaban J connectivity index is 2.29. The van der Waals surface area contributed by atoms with Crippen molar-refractivity contribution in [3.63, 3.8) is 0 Å². The minimum absolute atomic E-state index is 0.0334. The maximum absolute atomic E-state index is 5.88. The number of hydrogen-bond donors (Lipinski definition) is 1.